The van der Waals surface area contributed by atoms with Crippen molar-refractivity contribution in [3.8, 4) is 0 Å². The summed E-state index contributed by atoms with van der Waals surface area (Å²) in [4.78, 5) is 0. The van der Waals surface area contributed by atoms with E-state index in [0.717, 1.165) is 18.4 Å². The van der Waals surface area contributed by atoms with E-state index < -0.39 is 0 Å². The summed E-state index contributed by atoms with van der Waals surface area (Å²) in [7, 11) is 2.16. The first-order valence-electron chi connectivity index (χ1n) is 8.56. The predicted molar refractivity (Wildman–Crippen MR) is 81.4 cm³/mol. The average Bonchev–Trinajstić information content (AvgIpc) is 2.45. The molecule has 1 spiro atoms. The molecule has 0 aromatic carbocycles. The first kappa shape index (κ1) is 15.3. The Morgan fingerprint density at radius 3 is 2.42 bits per heavy atom. The molecule has 1 saturated heterocycles. The molecule has 1 aliphatic heterocycles. The van der Waals surface area contributed by atoms with Crippen molar-refractivity contribution >= 4 is 0 Å². The molecule has 1 saturated carbocycles. The van der Waals surface area contributed by atoms with Gasteiger partial charge < -0.3 is 10.1 Å². The van der Waals surface area contributed by atoms with Crippen molar-refractivity contribution in [3.05, 3.63) is 0 Å². The van der Waals surface area contributed by atoms with Gasteiger partial charge in [0.25, 0.3) is 0 Å². The Bertz CT molecular complexity index is 250. The van der Waals surface area contributed by atoms with Crippen molar-refractivity contribution in [3.63, 3.8) is 0 Å². The minimum atomic E-state index is 0.252. The van der Waals surface area contributed by atoms with Crippen LogP contribution >= 0.6 is 0 Å². The normalized spacial score (nSPS) is 28.7. The molecule has 2 rings (SSSR count). The molecule has 2 unspecified atom stereocenters. The summed E-state index contributed by atoms with van der Waals surface area (Å²) in [6.07, 6.45) is 11.9. The Kier molecular flexibility index (Phi) is 5.70. The Labute approximate surface area is 119 Å². The first-order valence-corrected chi connectivity index (χ1v) is 8.56. The van der Waals surface area contributed by atoms with Crippen LogP contribution in [0, 0.1) is 11.8 Å². The van der Waals surface area contributed by atoms with Gasteiger partial charge >= 0.3 is 0 Å². The van der Waals surface area contributed by atoms with E-state index in [1.54, 1.807) is 0 Å². The largest absolute Gasteiger partial charge is 0.375 e. The molecule has 1 aliphatic carbocycles. The maximum Gasteiger partial charge on any atom is 0.0685 e. The molecule has 0 aromatic rings. The van der Waals surface area contributed by atoms with Gasteiger partial charge in [-0.05, 0) is 44.6 Å². The van der Waals surface area contributed by atoms with Crippen molar-refractivity contribution in [2.24, 2.45) is 11.8 Å². The van der Waals surface area contributed by atoms with Crippen molar-refractivity contribution in [2.45, 2.75) is 83.3 Å². The quantitative estimate of drug-likeness (QED) is 0.808. The molecule has 2 heteroatoms. The molecule has 1 N–H and O–H groups in total. The number of rotatable bonds is 5. The van der Waals surface area contributed by atoms with E-state index in [9.17, 15) is 0 Å². The van der Waals surface area contributed by atoms with Crippen LogP contribution in [-0.2, 0) is 4.74 Å². The maximum atomic E-state index is 6.25. The standard InChI is InChI=1S/C17H33NO/c1-4-14(5-2)16(18-3)15-9-12-19-17(13-15)10-7-6-8-11-17/h14-16,18H,4-13H2,1-3H3. The van der Waals surface area contributed by atoms with Gasteiger partial charge in [0.05, 0.1) is 5.60 Å². The molecule has 2 atom stereocenters. The van der Waals surface area contributed by atoms with Gasteiger partial charge in [-0.1, -0.05) is 46.0 Å². The van der Waals surface area contributed by atoms with Crippen LogP contribution in [0.3, 0.4) is 0 Å². The van der Waals surface area contributed by atoms with Crippen molar-refractivity contribution in [2.75, 3.05) is 13.7 Å². The fraction of sp³-hybridized carbons (Fsp3) is 1.00. The number of ether oxygens (including phenoxy) is 1. The van der Waals surface area contributed by atoms with Crippen LogP contribution in [0.1, 0.15) is 71.6 Å². The van der Waals surface area contributed by atoms with Gasteiger partial charge in [0.1, 0.15) is 0 Å². The van der Waals surface area contributed by atoms with Gasteiger partial charge in [-0.25, -0.2) is 0 Å². The summed E-state index contributed by atoms with van der Waals surface area (Å²) in [6, 6.07) is 0.692. The highest BCUT2D eigenvalue weighted by Gasteiger charge is 2.41. The number of hydrogen-bond donors (Lipinski definition) is 1. The second-order valence-corrected chi connectivity index (χ2v) is 6.74. The van der Waals surface area contributed by atoms with Crippen LogP contribution in [0.15, 0.2) is 0 Å². The minimum Gasteiger partial charge on any atom is -0.375 e. The smallest absolute Gasteiger partial charge is 0.0685 e. The average molecular weight is 267 g/mol. The summed E-state index contributed by atoms with van der Waals surface area (Å²) >= 11 is 0. The molecule has 112 valence electrons. The SMILES string of the molecule is CCC(CC)C(NC)C1CCOC2(CCCCC2)C1. The zero-order chi connectivity index (χ0) is 13.7. The molecule has 2 fully saturated rings. The van der Waals surface area contributed by atoms with Crippen LogP contribution in [0.2, 0.25) is 0 Å². The predicted octanol–water partition coefficient (Wildman–Crippen LogP) is 4.14. The number of hydrogen-bond acceptors (Lipinski definition) is 2. The summed E-state index contributed by atoms with van der Waals surface area (Å²) in [5, 5.41) is 3.64. The highest BCUT2D eigenvalue weighted by Crippen LogP contribution is 2.42. The number of nitrogens with one attached hydrogen (secondary N) is 1. The zero-order valence-corrected chi connectivity index (χ0v) is 13.2. The molecule has 2 aliphatic rings. The van der Waals surface area contributed by atoms with E-state index in [0.29, 0.717) is 6.04 Å². The Balaban J connectivity index is 2.02. The molecule has 0 radical (unpaired) electrons. The molecule has 19 heavy (non-hydrogen) atoms. The van der Waals surface area contributed by atoms with E-state index in [4.69, 9.17) is 4.74 Å². The Morgan fingerprint density at radius 1 is 1.16 bits per heavy atom. The summed E-state index contributed by atoms with van der Waals surface area (Å²) in [6.45, 7) is 5.67. The van der Waals surface area contributed by atoms with E-state index >= 15 is 0 Å². The maximum absolute atomic E-state index is 6.25. The molecule has 2 nitrogen and oxygen atoms in total. The van der Waals surface area contributed by atoms with Gasteiger partial charge in [-0.2, -0.15) is 0 Å². The van der Waals surface area contributed by atoms with Crippen molar-refractivity contribution < 1.29 is 4.74 Å². The molecule has 1 heterocycles. The molecule has 0 amide bonds. The Morgan fingerprint density at radius 2 is 1.84 bits per heavy atom. The first-order chi connectivity index (χ1) is 9.24. The highest BCUT2D eigenvalue weighted by molar-refractivity contribution is 4.94. The monoisotopic (exact) mass is 267 g/mol. The van der Waals surface area contributed by atoms with E-state index in [1.807, 2.05) is 0 Å². The molecular formula is C17H33NO. The highest BCUT2D eigenvalue weighted by atomic mass is 16.5. The zero-order valence-electron chi connectivity index (χ0n) is 13.2. The van der Waals surface area contributed by atoms with Gasteiger partial charge in [-0.3, -0.25) is 0 Å². The van der Waals surface area contributed by atoms with Crippen LogP contribution in [0.25, 0.3) is 0 Å². The van der Waals surface area contributed by atoms with Crippen LogP contribution in [0.5, 0.6) is 0 Å². The van der Waals surface area contributed by atoms with E-state index in [-0.39, 0.29) is 5.60 Å². The minimum absolute atomic E-state index is 0.252. The molecular weight excluding hydrogens is 234 g/mol. The molecule has 0 aromatic heterocycles. The van der Waals surface area contributed by atoms with Gasteiger partial charge in [0, 0.05) is 12.6 Å². The lowest BCUT2D eigenvalue weighted by Gasteiger charge is -2.46. The fourth-order valence-electron chi connectivity index (χ4n) is 4.57. The topological polar surface area (TPSA) is 21.3 Å². The lowest BCUT2D eigenvalue weighted by atomic mass is 9.71. The third-order valence-corrected chi connectivity index (χ3v) is 5.69. The Hall–Kier alpha value is -0.0800. The van der Waals surface area contributed by atoms with Crippen LogP contribution in [-0.4, -0.2) is 25.3 Å². The summed E-state index contributed by atoms with van der Waals surface area (Å²) < 4.78 is 6.25. The lowest BCUT2D eigenvalue weighted by Crippen LogP contribution is -2.49. The second-order valence-electron chi connectivity index (χ2n) is 6.74. The summed E-state index contributed by atoms with van der Waals surface area (Å²) in [5.41, 5.74) is 0.252. The van der Waals surface area contributed by atoms with Gasteiger partial charge in [0.15, 0.2) is 0 Å². The fourth-order valence-corrected chi connectivity index (χ4v) is 4.57. The van der Waals surface area contributed by atoms with Crippen molar-refractivity contribution in [1.82, 2.24) is 5.32 Å². The summed E-state index contributed by atoms with van der Waals surface area (Å²) in [5.74, 6) is 1.65. The van der Waals surface area contributed by atoms with E-state index in [1.165, 1.54) is 57.8 Å². The van der Waals surface area contributed by atoms with Crippen molar-refractivity contribution in [1.29, 1.82) is 0 Å². The van der Waals surface area contributed by atoms with E-state index in [2.05, 4.69) is 26.2 Å². The van der Waals surface area contributed by atoms with Gasteiger partial charge in [-0.15, -0.1) is 0 Å². The second kappa shape index (κ2) is 7.08. The lowest BCUT2D eigenvalue weighted by molar-refractivity contribution is -0.124. The third-order valence-electron chi connectivity index (χ3n) is 5.69. The van der Waals surface area contributed by atoms with Crippen LogP contribution in [0.4, 0.5) is 0 Å². The third kappa shape index (κ3) is 3.52. The molecule has 0 bridgehead atoms. The van der Waals surface area contributed by atoms with Crippen LogP contribution < -0.4 is 5.32 Å². The van der Waals surface area contributed by atoms with Gasteiger partial charge in [0.2, 0.25) is 0 Å².